The first-order valence-electron chi connectivity index (χ1n) is 16.9. The number of halogens is 1. The lowest BCUT2D eigenvalue weighted by Crippen LogP contribution is -2.58. The van der Waals surface area contributed by atoms with Crippen molar-refractivity contribution in [3.8, 4) is 10.9 Å². The zero-order valence-corrected chi connectivity index (χ0v) is 29.9. The number of carbonyl (C=O) groups is 4. The summed E-state index contributed by atoms with van der Waals surface area (Å²) in [5, 5.41) is 6.71. The van der Waals surface area contributed by atoms with Crippen molar-refractivity contribution >= 4 is 57.0 Å². The molecule has 2 fully saturated rings. The predicted octanol–water partition coefficient (Wildman–Crippen LogP) is 5.70. The van der Waals surface area contributed by atoms with E-state index in [1.165, 1.54) is 16.2 Å². The highest BCUT2D eigenvalue weighted by Gasteiger charge is 2.61. The maximum Gasteiger partial charge on any atom is 0.408 e. The summed E-state index contributed by atoms with van der Waals surface area (Å²) in [5.74, 6) is -1.23. The second-order valence-corrected chi connectivity index (χ2v) is 15.4. The first-order valence-corrected chi connectivity index (χ1v) is 18.1. The summed E-state index contributed by atoms with van der Waals surface area (Å²) in [4.78, 5) is 66.7. The Morgan fingerprint density at radius 1 is 1.10 bits per heavy atom. The van der Waals surface area contributed by atoms with Gasteiger partial charge in [0.15, 0.2) is 5.75 Å². The van der Waals surface area contributed by atoms with Gasteiger partial charge in [0.05, 0.1) is 16.8 Å². The van der Waals surface area contributed by atoms with Gasteiger partial charge in [-0.3, -0.25) is 14.4 Å². The van der Waals surface area contributed by atoms with Crippen LogP contribution in [0.4, 0.5) is 4.79 Å². The van der Waals surface area contributed by atoms with Crippen molar-refractivity contribution in [1.82, 2.24) is 26.0 Å². The Hall–Kier alpha value is -4.36. The number of rotatable bonds is 6. The summed E-state index contributed by atoms with van der Waals surface area (Å²) in [5.41, 5.74) is 1.20. The number of aromatic nitrogens is 1. The molecule has 4 amide bonds. The maximum atomic E-state index is 14.3. The van der Waals surface area contributed by atoms with Crippen molar-refractivity contribution in [3.63, 3.8) is 0 Å². The van der Waals surface area contributed by atoms with Crippen LogP contribution in [-0.4, -0.2) is 69.6 Å². The number of nitrogens with zero attached hydrogens (tertiary/aromatic N) is 2. The van der Waals surface area contributed by atoms with Crippen LogP contribution in [0.3, 0.4) is 0 Å². The number of ether oxygens (including phenoxy) is 2. The van der Waals surface area contributed by atoms with Crippen molar-refractivity contribution < 1.29 is 33.5 Å². The van der Waals surface area contributed by atoms with E-state index in [1.807, 2.05) is 18.2 Å². The Bertz CT molecular complexity index is 1760. The number of allylic oxidation sites excluding steroid dienone is 1. The van der Waals surface area contributed by atoms with Crippen LogP contribution >= 0.6 is 22.9 Å². The van der Waals surface area contributed by atoms with Crippen molar-refractivity contribution in [1.29, 1.82) is 0 Å². The molecule has 14 heteroatoms. The molecule has 3 aliphatic rings. The number of hydrogen-bond donors (Lipinski definition) is 3. The summed E-state index contributed by atoms with van der Waals surface area (Å²) in [6, 6.07) is 12.2. The fraction of sp³-hybridized carbons (Fsp3) is 0.472. The third-order valence-electron chi connectivity index (χ3n) is 8.94. The van der Waals surface area contributed by atoms with Crippen LogP contribution in [0.15, 0.2) is 60.7 Å². The van der Waals surface area contributed by atoms with Gasteiger partial charge in [0.2, 0.25) is 11.8 Å². The Morgan fingerprint density at radius 2 is 1.90 bits per heavy atom. The number of hydroxylamine groups is 1. The first-order chi connectivity index (χ1) is 23.9. The standard InChI is InChI=1S/C36H42ClN5O7S/c1-35(2,3)48-33(46)38-27-15-11-6-4-5-8-12-22-20-36(22,32(45)41-49-24-13-9-7-10-14-24)40-30(43)28-19-25(21-42(28)31(27)44)47-34-39-26-17-16-23(37)18-29(26)50-34/h7-10,12-14,16-18,22,25,27-28H,4-6,11,15,19-21H2,1-3H3,(H,38,46)(H,40,43)(H,41,45)/b12-8-/t22-,25-,27+,28+,36-/m1/s1. The molecule has 0 radical (unpaired) electrons. The van der Waals surface area contributed by atoms with Crippen molar-refractivity contribution in [3.05, 3.63) is 65.7 Å². The number of thiazole rings is 1. The van der Waals surface area contributed by atoms with Crippen LogP contribution in [0.2, 0.25) is 5.02 Å². The topological polar surface area (TPSA) is 148 Å². The summed E-state index contributed by atoms with van der Waals surface area (Å²) in [7, 11) is 0. The number of benzene rings is 2. The lowest BCUT2D eigenvalue weighted by molar-refractivity contribution is -0.142. The zero-order chi connectivity index (χ0) is 35.5. The van der Waals surface area contributed by atoms with Gasteiger partial charge < -0.3 is 29.8 Å². The number of nitrogens with one attached hydrogen (secondary N) is 3. The van der Waals surface area contributed by atoms with E-state index in [1.54, 1.807) is 63.2 Å². The van der Waals surface area contributed by atoms with Gasteiger partial charge in [-0.1, -0.05) is 66.1 Å². The summed E-state index contributed by atoms with van der Waals surface area (Å²) in [6.07, 6.45) is 6.69. The van der Waals surface area contributed by atoms with E-state index >= 15 is 0 Å². The minimum absolute atomic E-state index is 0.0692. The molecule has 3 N–H and O–H groups in total. The molecular formula is C36H42ClN5O7S. The number of hydrogen-bond acceptors (Lipinski definition) is 9. The lowest BCUT2D eigenvalue weighted by Gasteiger charge is -2.30. The summed E-state index contributed by atoms with van der Waals surface area (Å²) >= 11 is 7.50. The Labute approximate surface area is 299 Å². The molecule has 5 atom stereocenters. The second-order valence-electron chi connectivity index (χ2n) is 14.0. The van der Waals surface area contributed by atoms with Crippen LogP contribution in [0, 0.1) is 5.92 Å². The van der Waals surface area contributed by atoms with Gasteiger partial charge in [0.1, 0.15) is 29.3 Å². The number of amides is 4. The van der Waals surface area contributed by atoms with E-state index in [0.717, 1.165) is 29.5 Å². The first kappa shape index (κ1) is 35.5. The molecule has 2 aromatic carbocycles. The highest BCUT2D eigenvalue weighted by atomic mass is 35.5. The fourth-order valence-corrected chi connectivity index (χ4v) is 7.53. The number of alkyl carbamates (subject to hydrolysis) is 1. The van der Waals surface area contributed by atoms with Gasteiger partial charge in [-0.15, -0.1) is 0 Å². The summed E-state index contributed by atoms with van der Waals surface area (Å²) < 4.78 is 12.6. The second kappa shape index (κ2) is 14.9. The fourth-order valence-electron chi connectivity index (χ4n) is 6.37. The molecule has 50 heavy (non-hydrogen) atoms. The van der Waals surface area contributed by atoms with E-state index in [2.05, 4.69) is 21.1 Å². The highest BCUT2D eigenvalue weighted by molar-refractivity contribution is 7.20. The molecule has 0 unspecified atom stereocenters. The molecule has 2 aliphatic heterocycles. The quantitative estimate of drug-likeness (QED) is 0.217. The molecule has 0 spiro atoms. The van der Waals surface area contributed by atoms with Gasteiger partial charge in [-0.2, -0.15) is 5.48 Å². The predicted molar refractivity (Wildman–Crippen MR) is 189 cm³/mol. The van der Waals surface area contributed by atoms with Crippen LogP contribution in [0.1, 0.15) is 65.7 Å². The molecule has 12 nitrogen and oxygen atoms in total. The van der Waals surface area contributed by atoms with Crippen LogP contribution in [0.5, 0.6) is 10.9 Å². The number of para-hydroxylation sites is 1. The molecule has 1 saturated heterocycles. The van der Waals surface area contributed by atoms with Gasteiger partial charge in [-0.05, 0) is 76.8 Å². The monoisotopic (exact) mass is 723 g/mol. The Morgan fingerprint density at radius 3 is 2.68 bits per heavy atom. The largest absolute Gasteiger partial charge is 0.465 e. The van der Waals surface area contributed by atoms with E-state index in [9.17, 15) is 19.2 Å². The van der Waals surface area contributed by atoms with E-state index in [-0.39, 0.29) is 18.9 Å². The van der Waals surface area contributed by atoms with Crippen LogP contribution in [0.25, 0.3) is 10.2 Å². The minimum Gasteiger partial charge on any atom is -0.465 e. The molecule has 1 aliphatic carbocycles. The summed E-state index contributed by atoms with van der Waals surface area (Å²) in [6.45, 7) is 5.32. The average molecular weight is 724 g/mol. The maximum absolute atomic E-state index is 14.3. The van der Waals surface area contributed by atoms with Crippen molar-refractivity contribution in [2.45, 2.75) is 95.0 Å². The van der Waals surface area contributed by atoms with E-state index in [0.29, 0.717) is 35.2 Å². The number of fused-ring (bicyclic) bond motifs is 3. The molecule has 1 saturated carbocycles. The molecule has 1 aromatic heterocycles. The van der Waals surface area contributed by atoms with Crippen molar-refractivity contribution in [2.75, 3.05) is 6.54 Å². The molecule has 3 heterocycles. The number of carbonyl (C=O) groups excluding carboxylic acids is 4. The Kier molecular flexibility index (Phi) is 10.5. The average Bonchev–Trinajstić information content (AvgIpc) is 3.37. The molecule has 266 valence electrons. The third-order valence-corrected chi connectivity index (χ3v) is 10.1. The van der Waals surface area contributed by atoms with Gasteiger partial charge >= 0.3 is 6.09 Å². The Balaban J connectivity index is 1.27. The van der Waals surface area contributed by atoms with E-state index < -0.39 is 53.1 Å². The molecular weight excluding hydrogens is 682 g/mol. The molecule has 6 rings (SSSR count). The third kappa shape index (κ3) is 8.50. The smallest absolute Gasteiger partial charge is 0.408 e. The molecule has 3 aromatic rings. The van der Waals surface area contributed by atoms with Gasteiger partial charge in [0, 0.05) is 17.4 Å². The van der Waals surface area contributed by atoms with Gasteiger partial charge in [0.25, 0.3) is 11.1 Å². The normalized spacial score (nSPS) is 26.4. The highest BCUT2D eigenvalue weighted by Crippen LogP contribution is 2.45. The van der Waals surface area contributed by atoms with Crippen molar-refractivity contribution in [2.24, 2.45) is 5.92 Å². The van der Waals surface area contributed by atoms with Crippen LogP contribution in [-0.2, 0) is 19.1 Å². The zero-order valence-electron chi connectivity index (χ0n) is 28.3. The minimum atomic E-state index is -1.27. The van der Waals surface area contributed by atoms with Crippen LogP contribution < -0.4 is 25.7 Å². The van der Waals surface area contributed by atoms with E-state index in [4.69, 9.17) is 25.9 Å². The SMILES string of the molecule is CC(C)(C)OC(=O)N[C@H]1CCCCC/C=C\[C@@H]2C[C@@]2(C(=O)NOc2ccccc2)NC(=O)[C@@H]2C[C@@H](Oc3nc4ccc(Cl)cc4s3)CN2C1=O. The lowest BCUT2D eigenvalue weighted by atomic mass is 10.0. The molecule has 0 bridgehead atoms. The van der Waals surface area contributed by atoms with Gasteiger partial charge in [-0.25, -0.2) is 9.78 Å².